The number of nitrogens with zero attached hydrogens (tertiary/aromatic N) is 3. The first-order valence-electron chi connectivity index (χ1n) is 8.06. The van der Waals surface area contributed by atoms with E-state index in [-0.39, 0.29) is 17.8 Å². The lowest BCUT2D eigenvalue weighted by atomic mass is 9.52. The number of H-pyrrole nitrogens is 1. The van der Waals surface area contributed by atoms with Crippen LogP contribution in [0.4, 0.5) is 0 Å². The summed E-state index contributed by atoms with van der Waals surface area (Å²) in [5.74, 6) is -0.299. The molecule has 0 amide bonds. The van der Waals surface area contributed by atoms with Crippen molar-refractivity contribution in [3.8, 4) is 0 Å². The lowest BCUT2D eigenvalue weighted by Gasteiger charge is -2.61. The minimum atomic E-state index is -3.22. The van der Waals surface area contributed by atoms with Gasteiger partial charge in [0.05, 0.1) is 23.3 Å². The van der Waals surface area contributed by atoms with Crippen LogP contribution in [0.1, 0.15) is 23.5 Å². The van der Waals surface area contributed by atoms with Crippen molar-refractivity contribution in [1.29, 1.82) is 0 Å². The Morgan fingerprint density at radius 2 is 2.08 bits per heavy atom. The Hall–Kier alpha value is -1.77. The summed E-state index contributed by atoms with van der Waals surface area (Å²) >= 11 is 0. The summed E-state index contributed by atoms with van der Waals surface area (Å²) in [6, 6.07) is 0. The molecule has 3 aliphatic heterocycles. The maximum absolute atomic E-state index is 11.8. The van der Waals surface area contributed by atoms with E-state index in [1.807, 2.05) is 18.5 Å². The Morgan fingerprint density at radius 1 is 1.33 bits per heavy atom. The number of allylic oxidation sites excluding steroid dienone is 1. The van der Waals surface area contributed by atoms with Crippen LogP contribution >= 0.6 is 0 Å². The largest absolute Gasteiger partial charge is 0.388 e. The molecular formula is C16H18N4O3S. The summed E-state index contributed by atoms with van der Waals surface area (Å²) in [4.78, 5) is 11.7. The Balaban J connectivity index is 1.55. The molecular weight excluding hydrogens is 328 g/mol. The highest BCUT2D eigenvalue weighted by molar-refractivity contribution is 7.88. The zero-order valence-corrected chi connectivity index (χ0v) is 14.0. The number of rotatable bonds is 2. The van der Waals surface area contributed by atoms with E-state index < -0.39 is 15.6 Å². The highest BCUT2D eigenvalue weighted by atomic mass is 32.2. The van der Waals surface area contributed by atoms with Crippen molar-refractivity contribution in [1.82, 2.24) is 9.29 Å². The number of hydrogen-bond acceptors (Lipinski definition) is 5. The molecule has 8 heteroatoms. The second-order valence-corrected chi connectivity index (χ2v) is 9.16. The van der Waals surface area contributed by atoms with Crippen LogP contribution in [-0.2, 0) is 10.0 Å². The molecule has 2 saturated heterocycles. The zero-order chi connectivity index (χ0) is 16.7. The van der Waals surface area contributed by atoms with Crippen molar-refractivity contribution in [2.24, 2.45) is 21.8 Å². The number of hydrogen-bond donors (Lipinski definition) is 2. The van der Waals surface area contributed by atoms with Crippen molar-refractivity contribution in [2.45, 2.75) is 17.9 Å². The van der Waals surface area contributed by atoms with Gasteiger partial charge in [0.2, 0.25) is 10.0 Å². The third-order valence-electron chi connectivity index (χ3n) is 6.01. The number of aromatic amines is 1. The first kappa shape index (κ1) is 14.6. The van der Waals surface area contributed by atoms with Crippen molar-refractivity contribution in [3.63, 3.8) is 0 Å². The van der Waals surface area contributed by atoms with Gasteiger partial charge in [0.1, 0.15) is 6.34 Å². The number of piperidine rings is 2. The molecule has 3 fully saturated rings. The Kier molecular flexibility index (Phi) is 2.69. The normalized spacial score (nSPS) is 37.3. The molecule has 2 N–H and O–H groups in total. The summed E-state index contributed by atoms with van der Waals surface area (Å²) < 4.78 is 25.2. The second-order valence-electron chi connectivity index (χ2n) is 7.17. The van der Waals surface area contributed by atoms with Gasteiger partial charge in [-0.1, -0.05) is 0 Å². The highest BCUT2D eigenvalue weighted by Crippen LogP contribution is 2.57. The van der Waals surface area contributed by atoms with Gasteiger partial charge in [-0.15, -0.1) is 0 Å². The van der Waals surface area contributed by atoms with Gasteiger partial charge in [0.15, 0.2) is 0 Å². The average Bonchev–Trinajstić information content (AvgIpc) is 3.20. The maximum Gasteiger partial charge on any atom is 0.211 e. The van der Waals surface area contributed by atoms with Crippen LogP contribution in [-0.4, -0.2) is 59.8 Å². The molecule has 1 saturated carbocycles. The molecule has 3 unspecified atom stereocenters. The molecule has 5 aliphatic rings. The Labute approximate surface area is 139 Å². The van der Waals surface area contributed by atoms with Crippen LogP contribution < -0.4 is 0 Å². The average molecular weight is 346 g/mol. The number of aromatic nitrogens is 1. The molecule has 4 heterocycles. The Bertz CT molecular complexity index is 915. The van der Waals surface area contributed by atoms with E-state index in [4.69, 9.17) is 0 Å². The minimum Gasteiger partial charge on any atom is -0.388 e. The number of sulfonamides is 1. The first-order valence-corrected chi connectivity index (χ1v) is 9.91. The van der Waals surface area contributed by atoms with E-state index in [0.717, 1.165) is 29.0 Å². The van der Waals surface area contributed by atoms with Crippen LogP contribution in [0, 0.1) is 11.8 Å². The summed E-state index contributed by atoms with van der Waals surface area (Å²) in [5.41, 5.74) is 2.72. The molecule has 1 aromatic heterocycles. The fraction of sp³-hybridized carbons (Fsp3) is 0.500. The van der Waals surface area contributed by atoms with Crippen LogP contribution in [0.5, 0.6) is 0 Å². The van der Waals surface area contributed by atoms with Gasteiger partial charge in [0, 0.05) is 48.8 Å². The van der Waals surface area contributed by atoms with E-state index in [1.54, 1.807) is 0 Å². The lowest BCUT2D eigenvalue weighted by Crippen LogP contribution is -2.69. The fourth-order valence-electron chi connectivity index (χ4n) is 4.75. The van der Waals surface area contributed by atoms with Gasteiger partial charge in [-0.3, -0.25) is 0 Å². The molecule has 126 valence electrons. The predicted molar refractivity (Wildman–Crippen MR) is 89.6 cm³/mol. The number of aliphatic imine (C=N–C) groups is 2. The van der Waals surface area contributed by atoms with Crippen LogP contribution in [0.3, 0.4) is 0 Å². The smallest absolute Gasteiger partial charge is 0.211 e. The SMILES string of the molecule is CS(=O)(=O)N1CC2CC(C1)C2(O)C1C=C2N=CN=C2c2c[nH]cc21. The second kappa shape index (κ2) is 4.44. The van der Waals surface area contributed by atoms with Gasteiger partial charge in [-0.2, -0.15) is 0 Å². The van der Waals surface area contributed by atoms with Crippen molar-refractivity contribution in [2.75, 3.05) is 19.3 Å². The third-order valence-corrected chi connectivity index (χ3v) is 7.25. The van der Waals surface area contributed by atoms with Gasteiger partial charge >= 0.3 is 0 Å². The number of fused-ring (bicyclic) bond motifs is 5. The molecule has 0 radical (unpaired) electrons. The molecule has 3 atom stereocenters. The molecule has 1 aromatic rings. The van der Waals surface area contributed by atoms with E-state index in [0.29, 0.717) is 13.1 Å². The van der Waals surface area contributed by atoms with Crippen molar-refractivity contribution < 1.29 is 13.5 Å². The molecule has 0 aromatic carbocycles. The van der Waals surface area contributed by atoms with Gasteiger partial charge in [0.25, 0.3) is 0 Å². The summed E-state index contributed by atoms with van der Waals surface area (Å²) in [7, 11) is -3.22. The molecule has 7 nitrogen and oxygen atoms in total. The number of aliphatic hydroxyl groups is 1. The third kappa shape index (κ3) is 1.71. The summed E-state index contributed by atoms with van der Waals surface area (Å²) in [5, 5.41) is 11.5. The van der Waals surface area contributed by atoms with Crippen molar-refractivity contribution in [3.05, 3.63) is 35.3 Å². The quantitative estimate of drug-likeness (QED) is 0.814. The number of nitrogens with one attached hydrogen (secondary N) is 1. The summed E-state index contributed by atoms with van der Waals surface area (Å²) in [6.45, 7) is 0.769. The van der Waals surface area contributed by atoms with Crippen LogP contribution in [0.15, 0.2) is 34.2 Å². The minimum absolute atomic E-state index is 0.0561. The standard InChI is InChI=1S/C16H18N4O3S/c1-24(22,23)20-6-9-2-10(7-20)16(9,21)13-3-14-15(19-8-18-14)12-5-17-4-11(12)13/h3-5,8-10,13,17,21H,2,6-7H2,1H3. The molecule has 2 aliphatic carbocycles. The predicted octanol–water partition coefficient (Wildman–Crippen LogP) is 0.469. The van der Waals surface area contributed by atoms with Gasteiger partial charge in [-0.05, 0) is 18.1 Å². The zero-order valence-electron chi connectivity index (χ0n) is 13.2. The van der Waals surface area contributed by atoms with E-state index in [2.05, 4.69) is 15.0 Å². The molecule has 6 rings (SSSR count). The monoisotopic (exact) mass is 346 g/mol. The molecule has 0 spiro atoms. The van der Waals surface area contributed by atoms with Gasteiger partial charge in [-0.25, -0.2) is 22.7 Å². The molecule has 24 heavy (non-hydrogen) atoms. The topological polar surface area (TPSA) is 98.1 Å². The van der Waals surface area contributed by atoms with Crippen LogP contribution in [0.25, 0.3) is 0 Å². The fourth-order valence-corrected chi connectivity index (χ4v) is 5.66. The maximum atomic E-state index is 11.8. The van der Waals surface area contributed by atoms with E-state index in [1.165, 1.54) is 16.9 Å². The van der Waals surface area contributed by atoms with E-state index in [9.17, 15) is 13.5 Å². The van der Waals surface area contributed by atoms with Crippen molar-refractivity contribution >= 4 is 22.1 Å². The van der Waals surface area contributed by atoms with Gasteiger partial charge < -0.3 is 10.1 Å². The first-order chi connectivity index (χ1) is 11.4. The highest BCUT2D eigenvalue weighted by Gasteiger charge is 2.63. The van der Waals surface area contributed by atoms with Crippen LogP contribution in [0.2, 0.25) is 0 Å². The van der Waals surface area contributed by atoms with E-state index >= 15 is 0 Å². The summed E-state index contributed by atoms with van der Waals surface area (Å²) in [6.07, 6.45) is 9.44. The lowest BCUT2D eigenvalue weighted by molar-refractivity contribution is -0.191. The Morgan fingerprint density at radius 3 is 2.79 bits per heavy atom. The molecule has 2 bridgehead atoms.